The second kappa shape index (κ2) is 8.77. The maximum Gasteiger partial charge on any atom is 0.142 e. The van der Waals surface area contributed by atoms with Crippen molar-refractivity contribution in [3.8, 4) is 28.7 Å². The first-order valence-corrected chi connectivity index (χ1v) is 9.80. The third kappa shape index (κ3) is 4.00. The highest BCUT2D eigenvalue weighted by molar-refractivity contribution is 5.83. The van der Waals surface area contributed by atoms with Gasteiger partial charge in [-0.25, -0.2) is 4.98 Å². The number of pyridine rings is 1. The lowest BCUT2D eigenvalue weighted by molar-refractivity contribution is 0.331. The van der Waals surface area contributed by atoms with E-state index < -0.39 is 0 Å². The molecule has 0 unspecified atom stereocenters. The summed E-state index contributed by atoms with van der Waals surface area (Å²) in [4.78, 5) is 4.59. The number of nitrogen functional groups attached to an aromatic ring is 1. The van der Waals surface area contributed by atoms with Crippen LogP contribution in [0.15, 0.2) is 18.2 Å². The molecule has 27 heavy (non-hydrogen) atoms. The fourth-order valence-electron chi connectivity index (χ4n) is 3.77. The molecule has 0 spiro atoms. The average Bonchev–Trinajstić information content (AvgIpc) is 2.64. The van der Waals surface area contributed by atoms with Crippen LogP contribution in [0.25, 0.3) is 11.1 Å². The summed E-state index contributed by atoms with van der Waals surface area (Å²) in [6.45, 7) is 5.04. The number of rotatable bonds is 5. The van der Waals surface area contributed by atoms with Gasteiger partial charge >= 0.3 is 0 Å². The Morgan fingerprint density at radius 3 is 2.52 bits per heavy atom. The minimum Gasteiger partial charge on any atom is -0.494 e. The first-order valence-electron chi connectivity index (χ1n) is 9.80. The molecule has 0 saturated heterocycles. The van der Waals surface area contributed by atoms with Gasteiger partial charge in [0.1, 0.15) is 28.9 Å². The van der Waals surface area contributed by atoms with Gasteiger partial charge in [-0.05, 0) is 63.3 Å². The summed E-state index contributed by atoms with van der Waals surface area (Å²) in [6.07, 6.45) is 6.39. The molecule has 2 N–H and O–H groups in total. The summed E-state index contributed by atoms with van der Waals surface area (Å²) < 4.78 is 11.6. The molecule has 2 aromatic rings. The van der Waals surface area contributed by atoms with Crippen molar-refractivity contribution in [2.24, 2.45) is 0 Å². The molecule has 0 atom stereocenters. The Hall–Kier alpha value is -2.74. The van der Waals surface area contributed by atoms with Crippen LogP contribution in [0.2, 0.25) is 0 Å². The molecule has 1 aromatic carbocycles. The van der Waals surface area contributed by atoms with Gasteiger partial charge in [0.05, 0.1) is 13.2 Å². The van der Waals surface area contributed by atoms with Gasteiger partial charge in [0, 0.05) is 16.8 Å². The van der Waals surface area contributed by atoms with Gasteiger partial charge in [0.2, 0.25) is 0 Å². The van der Waals surface area contributed by atoms with Crippen LogP contribution in [-0.4, -0.2) is 18.2 Å². The highest BCUT2D eigenvalue weighted by atomic mass is 16.5. The van der Waals surface area contributed by atoms with Crippen molar-refractivity contribution >= 4 is 5.82 Å². The van der Waals surface area contributed by atoms with E-state index in [4.69, 9.17) is 15.2 Å². The zero-order valence-corrected chi connectivity index (χ0v) is 16.2. The van der Waals surface area contributed by atoms with Gasteiger partial charge in [-0.3, -0.25) is 0 Å². The minimum atomic E-state index is 0.302. The smallest absolute Gasteiger partial charge is 0.142 e. The first kappa shape index (κ1) is 19.0. The van der Waals surface area contributed by atoms with Crippen LogP contribution in [0.3, 0.4) is 0 Å². The van der Waals surface area contributed by atoms with E-state index >= 15 is 0 Å². The van der Waals surface area contributed by atoms with E-state index in [9.17, 15) is 5.26 Å². The van der Waals surface area contributed by atoms with Gasteiger partial charge in [-0.15, -0.1) is 0 Å². The van der Waals surface area contributed by atoms with Crippen LogP contribution in [0.4, 0.5) is 5.82 Å². The van der Waals surface area contributed by atoms with Gasteiger partial charge in [-0.1, -0.05) is 12.8 Å². The quantitative estimate of drug-likeness (QED) is 0.833. The van der Waals surface area contributed by atoms with Crippen LogP contribution < -0.4 is 15.2 Å². The average molecular weight is 365 g/mol. The fourth-order valence-corrected chi connectivity index (χ4v) is 3.77. The van der Waals surface area contributed by atoms with Crippen molar-refractivity contribution in [1.29, 1.82) is 5.26 Å². The number of ether oxygens (including phenoxy) is 2. The summed E-state index contributed by atoms with van der Waals surface area (Å²) in [6, 6.07) is 8.06. The van der Waals surface area contributed by atoms with Crippen molar-refractivity contribution in [3.63, 3.8) is 0 Å². The first-order chi connectivity index (χ1) is 13.2. The Labute approximate surface area is 161 Å². The van der Waals surface area contributed by atoms with Gasteiger partial charge < -0.3 is 15.2 Å². The number of nitrogens with two attached hydrogens (primary N) is 1. The number of anilines is 1. The standard InChI is InChI=1S/C22H27N3O2/c1-3-26-15-11-12-20(27-4-2)17(13-15)21-16-9-7-5-6-8-10-19(16)25-22(24)18(21)14-23/h11-13H,3-10H2,1-2H3,(H2,24,25). The van der Waals surface area contributed by atoms with Crippen molar-refractivity contribution in [1.82, 2.24) is 4.98 Å². The molecule has 0 amide bonds. The van der Waals surface area contributed by atoms with Crippen LogP contribution in [0, 0.1) is 11.3 Å². The molecule has 5 heteroatoms. The van der Waals surface area contributed by atoms with Gasteiger partial charge in [0.15, 0.2) is 0 Å². The maximum absolute atomic E-state index is 9.84. The van der Waals surface area contributed by atoms with Gasteiger partial charge in [0.25, 0.3) is 0 Å². The Balaban J connectivity index is 2.28. The van der Waals surface area contributed by atoms with Crippen molar-refractivity contribution in [2.45, 2.75) is 52.4 Å². The second-order valence-corrected chi connectivity index (χ2v) is 6.72. The number of hydrogen-bond donors (Lipinski definition) is 1. The molecule has 1 aromatic heterocycles. The lowest BCUT2D eigenvalue weighted by atomic mass is 9.87. The molecular weight excluding hydrogens is 338 g/mol. The van der Waals surface area contributed by atoms with E-state index in [1.165, 1.54) is 12.8 Å². The third-order valence-electron chi connectivity index (χ3n) is 4.95. The van der Waals surface area contributed by atoms with E-state index in [1.807, 2.05) is 32.0 Å². The number of benzene rings is 1. The molecule has 0 saturated carbocycles. The Morgan fingerprint density at radius 2 is 1.81 bits per heavy atom. The second-order valence-electron chi connectivity index (χ2n) is 6.72. The molecule has 1 heterocycles. The van der Waals surface area contributed by atoms with E-state index in [1.54, 1.807) is 0 Å². The van der Waals surface area contributed by atoms with E-state index in [-0.39, 0.29) is 0 Å². The highest BCUT2D eigenvalue weighted by Crippen LogP contribution is 2.41. The minimum absolute atomic E-state index is 0.302. The summed E-state index contributed by atoms with van der Waals surface area (Å²) >= 11 is 0. The molecule has 3 rings (SSSR count). The predicted octanol–water partition coefficient (Wildman–Crippen LogP) is 4.66. The van der Waals surface area contributed by atoms with Crippen LogP contribution >= 0.6 is 0 Å². The number of nitriles is 1. The lowest BCUT2D eigenvalue weighted by Gasteiger charge is -2.21. The number of fused-ring (bicyclic) bond motifs is 1. The number of aromatic nitrogens is 1. The van der Waals surface area contributed by atoms with Crippen molar-refractivity contribution in [3.05, 3.63) is 35.0 Å². The maximum atomic E-state index is 9.84. The zero-order valence-electron chi connectivity index (χ0n) is 16.2. The molecule has 0 aliphatic heterocycles. The zero-order chi connectivity index (χ0) is 19.2. The molecule has 0 fully saturated rings. The topological polar surface area (TPSA) is 81.2 Å². The van der Waals surface area contributed by atoms with E-state index in [0.717, 1.165) is 59.6 Å². The SMILES string of the molecule is CCOc1ccc(OCC)c(-c2c(C#N)c(N)nc3c2CCCCCC3)c1. The molecule has 1 aliphatic carbocycles. The molecule has 142 valence electrons. The van der Waals surface area contributed by atoms with Crippen LogP contribution in [0.1, 0.15) is 56.4 Å². The molecule has 0 radical (unpaired) electrons. The molecule has 0 bridgehead atoms. The lowest BCUT2D eigenvalue weighted by Crippen LogP contribution is -2.10. The fraction of sp³-hybridized carbons (Fsp3) is 0.455. The number of hydrogen-bond acceptors (Lipinski definition) is 5. The summed E-state index contributed by atoms with van der Waals surface area (Å²) in [5, 5.41) is 9.84. The van der Waals surface area contributed by atoms with Crippen molar-refractivity contribution in [2.75, 3.05) is 18.9 Å². The normalized spacial score (nSPS) is 13.8. The van der Waals surface area contributed by atoms with Crippen molar-refractivity contribution < 1.29 is 9.47 Å². The van der Waals surface area contributed by atoms with E-state index in [0.29, 0.717) is 24.6 Å². The van der Waals surface area contributed by atoms with E-state index in [2.05, 4.69) is 11.1 Å². The predicted molar refractivity (Wildman–Crippen MR) is 107 cm³/mol. The highest BCUT2D eigenvalue weighted by Gasteiger charge is 2.23. The summed E-state index contributed by atoms with van der Waals surface area (Å²) in [5.41, 5.74) is 10.5. The Kier molecular flexibility index (Phi) is 6.18. The molecule has 1 aliphatic rings. The van der Waals surface area contributed by atoms with Gasteiger partial charge in [-0.2, -0.15) is 5.26 Å². The number of nitrogens with zero attached hydrogens (tertiary/aromatic N) is 2. The summed E-state index contributed by atoms with van der Waals surface area (Å²) in [5.74, 6) is 1.80. The number of aryl methyl sites for hydroxylation is 1. The third-order valence-corrected chi connectivity index (χ3v) is 4.95. The van der Waals surface area contributed by atoms with Crippen LogP contribution in [0.5, 0.6) is 11.5 Å². The molecule has 5 nitrogen and oxygen atoms in total. The monoisotopic (exact) mass is 365 g/mol. The Bertz CT molecular complexity index is 856. The summed E-state index contributed by atoms with van der Waals surface area (Å²) in [7, 11) is 0. The van der Waals surface area contributed by atoms with Crippen LogP contribution in [-0.2, 0) is 12.8 Å². The Morgan fingerprint density at radius 1 is 1.07 bits per heavy atom. The molecular formula is C22H27N3O2. The largest absolute Gasteiger partial charge is 0.494 e.